The lowest BCUT2D eigenvalue weighted by Gasteiger charge is -2.14. The largest absolute Gasteiger partial charge is 0.379 e. The number of ether oxygens (including phenoxy) is 1. The molecule has 0 saturated heterocycles. The van der Waals surface area contributed by atoms with Crippen LogP contribution < -0.4 is 5.32 Å². The molecule has 1 rings (SSSR count). The van der Waals surface area contributed by atoms with E-state index in [1.807, 2.05) is 17.9 Å². The van der Waals surface area contributed by atoms with E-state index in [0.717, 1.165) is 26.0 Å². The van der Waals surface area contributed by atoms with Crippen molar-refractivity contribution in [1.82, 2.24) is 15.1 Å². The molecule has 1 atom stereocenters. The maximum Gasteiger partial charge on any atom is 0.0662 e. The first kappa shape index (κ1) is 13.2. The fourth-order valence-corrected chi connectivity index (χ4v) is 1.60. The summed E-state index contributed by atoms with van der Waals surface area (Å²) in [4.78, 5) is 0. The molecular formula is C12H23N3O. The number of nitrogens with one attached hydrogen (secondary N) is 1. The van der Waals surface area contributed by atoms with Crippen LogP contribution in [0.5, 0.6) is 0 Å². The van der Waals surface area contributed by atoms with E-state index < -0.39 is 0 Å². The van der Waals surface area contributed by atoms with Crippen molar-refractivity contribution >= 4 is 0 Å². The van der Waals surface area contributed by atoms with Gasteiger partial charge in [-0.1, -0.05) is 13.8 Å². The first-order valence-corrected chi connectivity index (χ1v) is 6.09. The van der Waals surface area contributed by atoms with Crippen LogP contribution in [0.2, 0.25) is 0 Å². The number of hydrogen-bond acceptors (Lipinski definition) is 3. The minimum Gasteiger partial charge on any atom is -0.379 e. The summed E-state index contributed by atoms with van der Waals surface area (Å²) in [5.41, 5.74) is 1.20. The van der Waals surface area contributed by atoms with Crippen molar-refractivity contribution in [2.75, 3.05) is 20.3 Å². The summed E-state index contributed by atoms with van der Waals surface area (Å²) < 4.78 is 7.55. The monoisotopic (exact) mass is 225 g/mol. The number of aryl methyl sites for hydroxylation is 1. The van der Waals surface area contributed by atoms with Gasteiger partial charge in [-0.05, 0) is 19.9 Å². The quantitative estimate of drug-likeness (QED) is 0.688. The molecule has 0 amide bonds. The molecule has 92 valence electrons. The Morgan fingerprint density at radius 2 is 2.25 bits per heavy atom. The summed E-state index contributed by atoms with van der Waals surface area (Å²) in [6.07, 6.45) is 6.19. The van der Waals surface area contributed by atoms with E-state index in [1.54, 1.807) is 0 Å². The topological polar surface area (TPSA) is 39.1 Å². The van der Waals surface area contributed by atoms with E-state index >= 15 is 0 Å². The van der Waals surface area contributed by atoms with Crippen LogP contribution >= 0.6 is 0 Å². The molecule has 1 aromatic heterocycles. The van der Waals surface area contributed by atoms with E-state index in [9.17, 15) is 0 Å². The summed E-state index contributed by atoms with van der Waals surface area (Å²) in [6, 6.07) is 0.247. The van der Waals surface area contributed by atoms with Gasteiger partial charge in [0.15, 0.2) is 0 Å². The van der Waals surface area contributed by atoms with Crippen LogP contribution in [0.1, 0.15) is 38.3 Å². The highest BCUT2D eigenvalue weighted by molar-refractivity contribution is 5.10. The molecule has 16 heavy (non-hydrogen) atoms. The van der Waals surface area contributed by atoms with Crippen LogP contribution in [0.15, 0.2) is 12.4 Å². The summed E-state index contributed by atoms with van der Waals surface area (Å²) in [5, 5.41) is 7.58. The Hall–Kier alpha value is -0.870. The van der Waals surface area contributed by atoms with Crippen molar-refractivity contribution in [3.63, 3.8) is 0 Å². The SMILES string of the molecule is CCCOCC(NC)c1cnn(CCC)c1. The molecule has 0 saturated carbocycles. The number of rotatable bonds is 8. The lowest BCUT2D eigenvalue weighted by molar-refractivity contribution is 0.114. The Kier molecular flexibility index (Phi) is 6.11. The Morgan fingerprint density at radius 3 is 2.88 bits per heavy atom. The lowest BCUT2D eigenvalue weighted by Crippen LogP contribution is -2.21. The van der Waals surface area contributed by atoms with Gasteiger partial charge in [0.25, 0.3) is 0 Å². The molecule has 1 unspecified atom stereocenters. The zero-order valence-corrected chi connectivity index (χ0v) is 10.6. The number of aromatic nitrogens is 2. The van der Waals surface area contributed by atoms with Gasteiger partial charge in [0.05, 0.1) is 18.8 Å². The molecule has 0 bridgehead atoms. The molecule has 0 aliphatic rings. The minimum absolute atomic E-state index is 0.247. The van der Waals surface area contributed by atoms with Crippen molar-refractivity contribution in [3.05, 3.63) is 18.0 Å². The second-order valence-electron chi connectivity index (χ2n) is 3.95. The average Bonchev–Trinajstić information content (AvgIpc) is 2.74. The molecule has 0 spiro atoms. The molecule has 1 N–H and O–H groups in total. The van der Waals surface area contributed by atoms with Crippen molar-refractivity contribution in [3.8, 4) is 0 Å². The number of nitrogens with zero attached hydrogens (tertiary/aromatic N) is 2. The van der Waals surface area contributed by atoms with Crippen molar-refractivity contribution < 1.29 is 4.74 Å². The summed E-state index contributed by atoms with van der Waals surface area (Å²) in [6.45, 7) is 6.78. The highest BCUT2D eigenvalue weighted by Crippen LogP contribution is 2.12. The Bertz CT molecular complexity index is 286. The third-order valence-corrected chi connectivity index (χ3v) is 2.49. The van der Waals surface area contributed by atoms with Crippen LogP contribution in [0, 0.1) is 0 Å². The molecule has 0 aliphatic carbocycles. The fourth-order valence-electron chi connectivity index (χ4n) is 1.60. The highest BCUT2D eigenvalue weighted by atomic mass is 16.5. The molecule has 4 nitrogen and oxygen atoms in total. The third kappa shape index (κ3) is 3.94. The van der Waals surface area contributed by atoms with Gasteiger partial charge in [0.2, 0.25) is 0 Å². The molecule has 0 aromatic carbocycles. The Balaban J connectivity index is 2.49. The molecule has 4 heteroatoms. The molecule has 0 radical (unpaired) electrons. The lowest BCUT2D eigenvalue weighted by atomic mass is 10.2. The summed E-state index contributed by atoms with van der Waals surface area (Å²) >= 11 is 0. The second kappa shape index (κ2) is 7.41. The van der Waals surface area contributed by atoms with Gasteiger partial charge in [-0.15, -0.1) is 0 Å². The third-order valence-electron chi connectivity index (χ3n) is 2.49. The molecule has 0 fully saturated rings. The van der Waals surface area contributed by atoms with E-state index in [2.05, 4.69) is 30.5 Å². The first-order valence-electron chi connectivity index (χ1n) is 6.09. The summed E-state index contributed by atoms with van der Waals surface area (Å²) in [7, 11) is 1.96. The normalized spacial score (nSPS) is 12.9. The van der Waals surface area contributed by atoms with E-state index in [0.29, 0.717) is 6.61 Å². The molecular weight excluding hydrogens is 202 g/mol. The van der Waals surface area contributed by atoms with Gasteiger partial charge in [-0.3, -0.25) is 4.68 Å². The number of hydrogen-bond donors (Lipinski definition) is 1. The van der Waals surface area contributed by atoms with Crippen LogP contribution in [0.25, 0.3) is 0 Å². The predicted octanol–water partition coefficient (Wildman–Crippen LogP) is 1.98. The van der Waals surface area contributed by atoms with Crippen LogP contribution in [0.4, 0.5) is 0 Å². The minimum atomic E-state index is 0.247. The Labute approximate surface area is 98.0 Å². The first-order chi connectivity index (χ1) is 7.81. The standard InChI is InChI=1S/C12H23N3O/c1-4-6-15-9-11(8-14-15)12(13-3)10-16-7-5-2/h8-9,12-13H,4-7,10H2,1-3H3. The molecule has 1 aromatic rings. The van der Waals surface area contributed by atoms with E-state index in [-0.39, 0.29) is 6.04 Å². The maximum absolute atomic E-state index is 5.56. The van der Waals surface area contributed by atoms with Crippen LogP contribution in [-0.2, 0) is 11.3 Å². The summed E-state index contributed by atoms with van der Waals surface area (Å²) in [5.74, 6) is 0. The van der Waals surface area contributed by atoms with Crippen molar-refractivity contribution in [2.45, 2.75) is 39.3 Å². The zero-order chi connectivity index (χ0) is 11.8. The van der Waals surface area contributed by atoms with Gasteiger partial charge < -0.3 is 10.1 Å². The van der Waals surface area contributed by atoms with Gasteiger partial charge in [0.1, 0.15) is 0 Å². The van der Waals surface area contributed by atoms with Crippen molar-refractivity contribution in [2.24, 2.45) is 0 Å². The van der Waals surface area contributed by atoms with Crippen LogP contribution in [0.3, 0.4) is 0 Å². The second-order valence-corrected chi connectivity index (χ2v) is 3.95. The fraction of sp³-hybridized carbons (Fsp3) is 0.750. The molecule has 1 heterocycles. The van der Waals surface area contributed by atoms with Crippen LogP contribution in [-0.4, -0.2) is 30.0 Å². The van der Waals surface area contributed by atoms with Crippen molar-refractivity contribution in [1.29, 1.82) is 0 Å². The highest BCUT2D eigenvalue weighted by Gasteiger charge is 2.11. The van der Waals surface area contributed by atoms with Gasteiger partial charge in [-0.25, -0.2) is 0 Å². The number of likely N-dealkylation sites (N-methyl/N-ethyl adjacent to an activating group) is 1. The molecule has 0 aliphatic heterocycles. The van der Waals surface area contributed by atoms with E-state index in [4.69, 9.17) is 4.74 Å². The average molecular weight is 225 g/mol. The smallest absolute Gasteiger partial charge is 0.0662 e. The van der Waals surface area contributed by atoms with Gasteiger partial charge in [-0.2, -0.15) is 5.10 Å². The Morgan fingerprint density at radius 1 is 1.44 bits per heavy atom. The zero-order valence-electron chi connectivity index (χ0n) is 10.6. The van der Waals surface area contributed by atoms with Gasteiger partial charge in [0, 0.05) is 24.9 Å². The van der Waals surface area contributed by atoms with E-state index in [1.165, 1.54) is 5.56 Å². The predicted molar refractivity (Wildman–Crippen MR) is 65.4 cm³/mol. The maximum atomic E-state index is 5.56. The van der Waals surface area contributed by atoms with Gasteiger partial charge >= 0.3 is 0 Å².